The van der Waals surface area contributed by atoms with Crippen LogP contribution in [0.1, 0.15) is 10.4 Å². The Labute approximate surface area is 129 Å². The summed E-state index contributed by atoms with van der Waals surface area (Å²) in [5, 5.41) is 3.20. The first-order valence-electron chi connectivity index (χ1n) is 6.92. The zero-order valence-electron chi connectivity index (χ0n) is 12.7. The molecule has 5 nitrogen and oxygen atoms in total. The number of methoxy groups -OCH3 is 2. The molecule has 0 atom stereocenters. The molecular weight excluding hydrogens is 282 g/mol. The second-order valence-corrected chi connectivity index (χ2v) is 4.52. The fourth-order valence-electron chi connectivity index (χ4n) is 1.91. The molecule has 0 heterocycles. The van der Waals surface area contributed by atoms with Gasteiger partial charge in [-0.1, -0.05) is 6.07 Å². The van der Waals surface area contributed by atoms with Crippen LogP contribution < -0.4 is 14.8 Å². The lowest BCUT2D eigenvalue weighted by Gasteiger charge is -2.10. The van der Waals surface area contributed by atoms with E-state index in [2.05, 4.69) is 5.32 Å². The highest BCUT2D eigenvalue weighted by Crippen LogP contribution is 2.17. The van der Waals surface area contributed by atoms with Crippen LogP contribution in [0.5, 0.6) is 11.5 Å². The van der Waals surface area contributed by atoms with E-state index >= 15 is 0 Å². The van der Waals surface area contributed by atoms with Gasteiger partial charge in [-0.05, 0) is 42.5 Å². The molecule has 0 saturated carbocycles. The normalized spacial score (nSPS) is 9.91. The van der Waals surface area contributed by atoms with E-state index in [0.29, 0.717) is 18.7 Å². The van der Waals surface area contributed by atoms with Gasteiger partial charge in [0.05, 0.1) is 19.8 Å². The topological polar surface area (TPSA) is 56.8 Å². The third-order valence-electron chi connectivity index (χ3n) is 3.04. The van der Waals surface area contributed by atoms with Crippen LogP contribution in [0.3, 0.4) is 0 Å². The predicted octanol–water partition coefficient (Wildman–Crippen LogP) is 2.97. The molecule has 116 valence electrons. The average molecular weight is 301 g/mol. The van der Waals surface area contributed by atoms with Gasteiger partial charge in [-0.25, -0.2) is 4.79 Å². The van der Waals surface area contributed by atoms with E-state index in [4.69, 9.17) is 14.2 Å². The fourth-order valence-corrected chi connectivity index (χ4v) is 1.91. The number of hydrogen-bond acceptors (Lipinski definition) is 5. The first-order chi connectivity index (χ1) is 10.7. The van der Waals surface area contributed by atoms with Crippen LogP contribution in [0.2, 0.25) is 0 Å². The second kappa shape index (κ2) is 7.93. The van der Waals surface area contributed by atoms with Crippen molar-refractivity contribution in [3.05, 3.63) is 54.1 Å². The molecule has 0 amide bonds. The van der Waals surface area contributed by atoms with Gasteiger partial charge in [-0.3, -0.25) is 0 Å². The van der Waals surface area contributed by atoms with Gasteiger partial charge < -0.3 is 19.5 Å². The minimum atomic E-state index is -0.349. The molecule has 0 aliphatic heterocycles. The average Bonchev–Trinajstić information content (AvgIpc) is 2.59. The summed E-state index contributed by atoms with van der Waals surface area (Å²) < 4.78 is 15.4. The quantitative estimate of drug-likeness (QED) is 0.629. The Morgan fingerprint density at radius 1 is 1.05 bits per heavy atom. The van der Waals surface area contributed by atoms with Gasteiger partial charge >= 0.3 is 5.97 Å². The van der Waals surface area contributed by atoms with Crippen LogP contribution >= 0.6 is 0 Å². The van der Waals surface area contributed by atoms with Crippen molar-refractivity contribution >= 4 is 11.7 Å². The molecule has 2 aromatic rings. The number of benzene rings is 2. The maximum Gasteiger partial charge on any atom is 0.337 e. The first kappa shape index (κ1) is 15.7. The highest BCUT2D eigenvalue weighted by Gasteiger charge is 2.05. The Hall–Kier alpha value is -2.69. The number of carbonyl (C=O) groups is 1. The summed E-state index contributed by atoms with van der Waals surface area (Å²) in [7, 11) is 2.99. The summed E-state index contributed by atoms with van der Waals surface area (Å²) in [6.45, 7) is 1.13. The largest absolute Gasteiger partial charge is 0.497 e. The zero-order valence-corrected chi connectivity index (χ0v) is 12.7. The molecule has 2 aromatic carbocycles. The lowest BCUT2D eigenvalue weighted by molar-refractivity contribution is 0.0601. The number of nitrogens with one attached hydrogen (secondary N) is 1. The Bertz CT molecular complexity index is 610. The summed E-state index contributed by atoms with van der Waals surface area (Å²) in [5.41, 5.74) is 1.37. The Morgan fingerprint density at radius 3 is 2.45 bits per heavy atom. The highest BCUT2D eigenvalue weighted by molar-refractivity contribution is 5.90. The van der Waals surface area contributed by atoms with E-state index in [0.717, 1.165) is 17.2 Å². The smallest absolute Gasteiger partial charge is 0.337 e. The monoisotopic (exact) mass is 301 g/mol. The molecule has 0 unspecified atom stereocenters. The van der Waals surface area contributed by atoms with Crippen LogP contribution in [0, 0.1) is 0 Å². The number of anilines is 1. The maximum atomic E-state index is 11.4. The number of hydrogen-bond donors (Lipinski definition) is 1. The van der Waals surface area contributed by atoms with Gasteiger partial charge in [0.25, 0.3) is 0 Å². The van der Waals surface area contributed by atoms with Crippen molar-refractivity contribution in [3.63, 3.8) is 0 Å². The van der Waals surface area contributed by atoms with Crippen molar-refractivity contribution in [2.75, 3.05) is 32.7 Å². The van der Waals surface area contributed by atoms with Gasteiger partial charge in [-0.2, -0.15) is 0 Å². The summed E-state index contributed by atoms with van der Waals surface area (Å²) in [4.78, 5) is 11.4. The molecule has 0 fully saturated rings. The van der Waals surface area contributed by atoms with Crippen molar-refractivity contribution in [2.45, 2.75) is 0 Å². The van der Waals surface area contributed by atoms with Crippen LogP contribution in [0.25, 0.3) is 0 Å². The number of carbonyl (C=O) groups excluding carboxylic acids is 1. The molecule has 2 rings (SSSR count). The fraction of sp³-hybridized carbons (Fsp3) is 0.235. The molecule has 0 aromatic heterocycles. The zero-order chi connectivity index (χ0) is 15.8. The third-order valence-corrected chi connectivity index (χ3v) is 3.04. The number of rotatable bonds is 7. The number of ether oxygens (including phenoxy) is 3. The lowest BCUT2D eigenvalue weighted by atomic mass is 10.2. The maximum absolute atomic E-state index is 11.4. The Balaban J connectivity index is 1.79. The minimum absolute atomic E-state index is 0.349. The summed E-state index contributed by atoms with van der Waals surface area (Å²) in [6.07, 6.45) is 0. The van der Waals surface area contributed by atoms with Gasteiger partial charge in [0.15, 0.2) is 0 Å². The molecule has 0 spiro atoms. The van der Waals surface area contributed by atoms with Crippen molar-refractivity contribution in [1.29, 1.82) is 0 Å². The lowest BCUT2D eigenvalue weighted by Crippen LogP contribution is -2.12. The van der Waals surface area contributed by atoms with Crippen LogP contribution in [-0.4, -0.2) is 33.3 Å². The minimum Gasteiger partial charge on any atom is -0.497 e. The molecule has 22 heavy (non-hydrogen) atoms. The summed E-state index contributed by atoms with van der Waals surface area (Å²) in [6, 6.07) is 14.6. The van der Waals surface area contributed by atoms with Crippen LogP contribution in [0.15, 0.2) is 48.5 Å². The predicted molar refractivity (Wildman–Crippen MR) is 84.8 cm³/mol. The van der Waals surface area contributed by atoms with E-state index in [1.165, 1.54) is 7.11 Å². The molecular formula is C17H19NO4. The molecule has 0 aliphatic rings. The standard InChI is InChI=1S/C17H19NO4/c1-20-15-6-8-16(9-7-15)22-11-10-18-14-5-3-4-13(12-14)17(19)21-2/h3-9,12,18H,10-11H2,1-2H3. The molecule has 1 N–H and O–H groups in total. The van der Waals surface area contributed by atoms with E-state index < -0.39 is 0 Å². The van der Waals surface area contributed by atoms with Gasteiger partial charge in [0.2, 0.25) is 0 Å². The van der Waals surface area contributed by atoms with E-state index in [-0.39, 0.29) is 5.97 Å². The molecule has 5 heteroatoms. The summed E-state index contributed by atoms with van der Waals surface area (Å²) in [5.74, 6) is 1.23. The van der Waals surface area contributed by atoms with Crippen LogP contribution in [0.4, 0.5) is 5.69 Å². The summed E-state index contributed by atoms with van der Waals surface area (Å²) >= 11 is 0. The van der Waals surface area contributed by atoms with Crippen molar-refractivity contribution < 1.29 is 19.0 Å². The van der Waals surface area contributed by atoms with E-state index in [9.17, 15) is 4.79 Å². The molecule has 0 bridgehead atoms. The third kappa shape index (κ3) is 4.41. The van der Waals surface area contributed by atoms with Gasteiger partial charge in [0.1, 0.15) is 18.1 Å². The highest BCUT2D eigenvalue weighted by atomic mass is 16.5. The Kier molecular flexibility index (Phi) is 5.65. The Morgan fingerprint density at radius 2 is 1.77 bits per heavy atom. The SMILES string of the molecule is COC(=O)c1cccc(NCCOc2ccc(OC)cc2)c1. The van der Waals surface area contributed by atoms with E-state index in [1.54, 1.807) is 25.3 Å². The molecule has 0 radical (unpaired) electrons. The van der Waals surface area contributed by atoms with Gasteiger partial charge in [0, 0.05) is 12.2 Å². The first-order valence-corrected chi connectivity index (χ1v) is 6.92. The van der Waals surface area contributed by atoms with Crippen LogP contribution in [-0.2, 0) is 4.74 Å². The molecule has 0 aliphatic carbocycles. The van der Waals surface area contributed by atoms with E-state index in [1.807, 2.05) is 30.3 Å². The van der Waals surface area contributed by atoms with Crippen molar-refractivity contribution in [2.24, 2.45) is 0 Å². The second-order valence-electron chi connectivity index (χ2n) is 4.52. The van der Waals surface area contributed by atoms with Crippen molar-refractivity contribution in [1.82, 2.24) is 0 Å². The van der Waals surface area contributed by atoms with Crippen molar-refractivity contribution in [3.8, 4) is 11.5 Å². The van der Waals surface area contributed by atoms with Gasteiger partial charge in [-0.15, -0.1) is 0 Å². The number of esters is 1. The molecule has 0 saturated heterocycles.